The van der Waals surface area contributed by atoms with Crippen LogP contribution in [0.5, 0.6) is 5.88 Å². The van der Waals surface area contributed by atoms with Gasteiger partial charge in [0.05, 0.1) is 17.7 Å². The highest BCUT2D eigenvalue weighted by Gasteiger charge is 2.33. The third-order valence-corrected chi connectivity index (χ3v) is 5.65. The second-order valence-corrected chi connectivity index (χ2v) is 7.84. The van der Waals surface area contributed by atoms with Crippen LogP contribution in [0.3, 0.4) is 0 Å². The molecule has 0 aliphatic carbocycles. The van der Waals surface area contributed by atoms with Crippen LogP contribution in [0.25, 0.3) is 11.4 Å². The van der Waals surface area contributed by atoms with E-state index in [1.54, 1.807) is 11.0 Å². The average molecular weight is 461 g/mol. The van der Waals surface area contributed by atoms with Gasteiger partial charge in [0.15, 0.2) is 5.82 Å². The molecule has 0 radical (unpaired) electrons. The molecule has 1 N–H and O–H groups in total. The predicted octanol–water partition coefficient (Wildman–Crippen LogP) is 3.32. The van der Waals surface area contributed by atoms with Gasteiger partial charge in [-0.15, -0.1) is 0 Å². The van der Waals surface area contributed by atoms with Gasteiger partial charge in [-0.05, 0) is 50.1 Å². The maximum atomic E-state index is 14.1. The summed E-state index contributed by atoms with van der Waals surface area (Å²) in [5, 5.41) is 18.7. The van der Waals surface area contributed by atoms with Crippen molar-refractivity contribution in [1.29, 1.82) is 5.26 Å². The predicted molar refractivity (Wildman–Crippen MR) is 117 cm³/mol. The number of piperidine rings is 1. The number of carbonyl (C=O) groups excluding carboxylic acids is 1. The number of aromatic carboxylic acids is 1. The number of rotatable bonds is 5. The van der Waals surface area contributed by atoms with Crippen LogP contribution < -0.4 is 4.74 Å². The summed E-state index contributed by atoms with van der Waals surface area (Å²) in [6.07, 6.45) is 4.92. The molecule has 0 spiro atoms. The van der Waals surface area contributed by atoms with Crippen molar-refractivity contribution < 1.29 is 23.8 Å². The van der Waals surface area contributed by atoms with Gasteiger partial charge in [-0.3, -0.25) is 4.79 Å². The molecule has 34 heavy (non-hydrogen) atoms. The highest BCUT2D eigenvalue weighted by molar-refractivity contribution is 6.00. The number of hydrogen-bond acceptors (Lipinski definition) is 7. The van der Waals surface area contributed by atoms with Crippen LogP contribution in [-0.2, 0) is 0 Å². The molecule has 3 heterocycles. The van der Waals surface area contributed by atoms with Crippen LogP contribution in [0.15, 0.2) is 48.9 Å². The molecule has 0 bridgehead atoms. The number of carboxylic acids is 1. The first-order chi connectivity index (χ1) is 16.4. The van der Waals surface area contributed by atoms with E-state index in [0.717, 1.165) is 6.07 Å². The van der Waals surface area contributed by atoms with E-state index in [9.17, 15) is 24.3 Å². The number of carbonyl (C=O) groups is 2. The summed E-state index contributed by atoms with van der Waals surface area (Å²) < 4.78 is 20.0. The van der Waals surface area contributed by atoms with Crippen LogP contribution >= 0.6 is 0 Å². The van der Waals surface area contributed by atoms with Crippen LogP contribution in [0.1, 0.15) is 46.0 Å². The molecule has 1 fully saturated rings. The number of hydrogen-bond donors (Lipinski definition) is 1. The van der Waals surface area contributed by atoms with Crippen molar-refractivity contribution in [3.05, 3.63) is 71.4 Å². The van der Waals surface area contributed by atoms with E-state index in [1.165, 1.54) is 36.8 Å². The Kier molecular flexibility index (Phi) is 6.45. The molecular formula is C24H20FN5O4. The second kappa shape index (κ2) is 9.62. The van der Waals surface area contributed by atoms with Crippen molar-refractivity contribution in [3.63, 3.8) is 0 Å². The van der Waals surface area contributed by atoms with E-state index >= 15 is 0 Å². The zero-order chi connectivity index (χ0) is 24.2. The third-order valence-electron chi connectivity index (χ3n) is 5.65. The SMILES string of the molecule is CC1CCC(Oc2nccc(C#N)c2C(=O)O)CN1C(=O)c1cc(F)ccc1-c1ncccn1. The van der Waals surface area contributed by atoms with Gasteiger partial charge in [-0.2, -0.15) is 5.26 Å². The molecule has 2 unspecified atom stereocenters. The molecule has 1 saturated heterocycles. The van der Waals surface area contributed by atoms with Gasteiger partial charge in [0.2, 0.25) is 5.88 Å². The topological polar surface area (TPSA) is 129 Å². The summed E-state index contributed by atoms with van der Waals surface area (Å²) in [5.41, 5.74) is 0.130. The highest BCUT2D eigenvalue weighted by atomic mass is 19.1. The molecule has 1 aromatic carbocycles. The van der Waals surface area contributed by atoms with Gasteiger partial charge in [0.1, 0.15) is 23.6 Å². The van der Waals surface area contributed by atoms with E-state index in [4.69, 9.17) is 4.74 Å². The Morgan fingerprint density at radius 1 is 1.18 bits per heavy atom. The molecule has 2 atom stereocenters. The number of nitriles is 1. The summed E-state index contributed by atoms with van der Waals surface area (Å²) >= 11 is 0. The molecule has 2 aromatic heterocycles. The van der Waals surface area contributed by atoms with Gasteiger partial charge in [0, 0.05) is 30.2 Å². The number of halogens is 1. The van der Waals surface area contributed by atoms with Crippen molar-refractivity contribution in [3.8, 4) is 23.3 Å². The Hall–Kier alpha value is -4.39. The van der Waals surface area contributed by atoms with E-state index in [1.807, 2.05) is 13.0 Å². The van der Waals surface area contributed by atoms with Crippen molar-refractivity contribution in [2.75, 3.05) is 6.54 Å². The normalized spacial score (nSPS) is 17.6. The molecule has 172 valence electrons. The maximum absolute atomic E-state index is 14.1. The summed E-state index contributed by atoms with van der Waals surface area (Å²) in [7, 11) is 0. The van der Waals surface area contributed by atoms with Crippen LogP contribution in [0.2, 0.25) is 0 Å². The number of nitrogens with zero attached hydrogens (tertiary/aromatic N) is 5. The largest absolute Gasteiger partial charge is 0.477 e. The first kappa shape index (κ1) is 22.8. The maximum Gasteiger partial charge on any atom is 0.342 e. The summed E-state index contributed by atoms with van der Waals surface area (Å²) in [6.45, 7) is 2.01. The van der Waals surface area contributed by atoms with Crippen LogP contribution in [-0.4, -0.2) is 55.5 Å². The summed E-state index contributed by atoms with van der Waals surface area (Å²) in [5.74, 6) is -2.19. The molecule has 10 heteroatoms. The molecule has 9 nitrogen and oxygen atoms in total. The van der Waals surface area contributed by atoms with Crippen LogP contribution in [0.4, 0.5) is 4.39 Å². The lowest BCUT2D eigenvalue weighted by molar-refractivity contribution is 0.0363. The number of amides is 1. The molecule has 1 aliphatic heterocycles. The van der Waals surface area contributed by atoms with Gasteiger partial charge >= 0.3 is 5.97 Å². The molecular weight excluding hydrogens is 441 g/mol. The Morgan fingerprint density at radius 2 is 1.94 bits per heavy atom. The van der Waals surface area contributed by atoms with Crippen molar-refractivity contribution in [2.24, 2.45) is 0 Å². The van der Waals surface area contributed by atoms with E-state index in [-0.39, 0.29) is 35.2 Å². The number of carboxylic acid groups (broad SMARTS) is 1. The first-order valence-electron chi connectivity index (χ1n) is 10.6. The number of pyridine rings is 1. The quantitative estimate of drug-likeness (QED) is 0.613. The van der Waals surface area contributed by atoms with E-state index < -0.39 is 23.8 Å². The lowest BCUT2D eigenvalue weighted by atomic mass is 9.98. The van der Waals surface area contributed by atoms with E-state index in [2.05, 4.69) is 15.0 Å². The van der Waals surface area contributed by atoms with Gasteiger partial charge in [0.25, 0.3) is 5.91 Å². The Labute approximate surface area is 194 Å². The summed E-state index contributed by atoms with van der Waals surface area (Å²) in [4.78, 5) is 39.1. The van der Waals surface area contributed by atoms with Crippen LogP contribution in [0, 0.1) is 17.1 Å². The van der Waals surface area contributed by atoms with Crippen molar-refractivity contribution in [1.82, 2.24) is 19.9 Å². The average Bonchev–Trinajstić information content (AvgIpc) is 2.85. The number of likely N-dealkylation sites (tertiary alicyclic amines) is 1. The van der Waals surface area contributed by atoms with Gasteiger partial charge < -0.3 is 14.7 Å². The lowest BCUT2D eigenvalue weighted by Gasteiger charge is -2.38. The minimum Gasteiger partial charge on any atom is -0.477 e. The Balaban J connectivity index is 1.62. The van der Waals surface area contributed by atoms with Gasteiger partial charge in [-0.1, -0.05) is 0 Å². The second-order valence-electron chi connectivity index (χ2n) is 7.84. The Bertz CT molecular complexity index is 1280. The standard InChI is InChI=1S/C24H20FN5O4/c1-14-3-5-17(34-22-20(24(32)33)15(12-26)7-10-29-22)13-30(14)23(31)19-11-16(25)4-6-18(19)21-27-8-2-9-28-21/h2,4,6-11,14,17H,3,5,13H2,1H3,(H,32,33). The monoisotopic (exact) mass is 461 g/mol. The Morgan fingerprint density at radius 3 is 2.65 bits per heavy atom. The molecule has 3 aromatic rings. The molecule has 1 amide bonds. The summed E-state index contributed by atoms with van der Waals surface area (Å²) in [6, 6.07) is 8.47. The zero-order valence-corrected chi connectivity index (χ0v) is 18.2. The minimum atomic E-state index is -1.33. The molecule has 1 aliphatic rings. The number of ether oxygens (including phenoxy) is 1. The smallest absolute Gasteiger partial charge is 0.342 e. The highest BCUT2D eigenvalue weighted by Crippen LogP contribution is 2.28. The number of benzene rings is 1. The third kappa shape index (κ3) is 4.54. The van der Waals surface area contributed by atoms with Crippen molar-refractivity contribution in [2.45, 2.75) is 31.9 Å². The first-order valence-corrected chi connectivity index (χ1v) is 10.6. The molecule has 4 rings (SSSR count). The van der Waals surface area contributed by atoms with Crippen molar-refractivity contribution >= 4 is 11.9 Å². The zero-order valence-electron chi connectivity index (χ0n) is 18.2. The number of aromatic nitrogens is 3. The van der Waals surface area contributed by atoms with E-state index in [0.29, 0.717) is 24.2 Å². The fraction of sp³-hybridized carbons (Fsp3) is 0.250. The molecule has 0 saturated carbocycles. The fourth-order valence-electron chi connectivity index (χ4n) is 3.92. The fourth-order valence-corrected chi connectivity index (χ4v) is 3.92. The minimum absolute atomic E-state index is 0.0677. The lowest BCUT2D eigenvalue weighted by Crippen LogP contribution is -2.49. The van der Waals surface area contributed by atoms with Gasteiger partial charge in [-0.25, -0.2) is 24.1 Å².